The zero-order valence-electron chi connectivity index (χ0n) is 19.3. The van der Waals surface area contributed by atoms with Gasteiger partial charge < -0.3 is 10.1 Å². The highest BCUT2D eigenvalue weighted by Gasteiger charge is 2.31. The third kappa shape index (κ3) is 5.80. The van der Waals surface area contributed by atoms with Gasteiger partial charge in [-0.1, -0.05) is 0 Å². The van der Waals surface area contributed by atoms with Crippen LogP contribution in [0.15, 0.2) is 18.2 Å². The van der Waals surface area contributed by atoms with Crippen molar-refractivity contribution in [3.05, 3.63) is 35.3 Å². The molecule has 1 fully saturated rings. The molecule has 1 amide bonds. The number of carbonyl (C=O) groups is 1. The molecule has 1 saturated heterocycles. The SMILES string of the molecule is CC(=O)Nc1cc(C(C)N2CC[C@H](Oc3cc(C)nc(C)c3)C2)nn1S(=O)(=O)N(C)C.S. The number of nitrogens with zero attached hydrogens (tertiary/aromatic N) is 5. The minimum Gasteiger partial charge on any atom is -0.489 e. The molecule has 1 aliphatic rings. The predicted octanol–water partition coefficient (Wildman–Crippen LogP) is 1.83. The molecule has 12 heteroatoms. The minimum absolute atomic E-state index is 0. The van der Waals surface area contributed by atoms with Crippen LogP contribution in [0.25, 0.3) is 0 Å². The molecule has 32 heavy (non-hydrogen) atoms. The van der Waals surface area contributed by atoms with E-state index in [1.807, 2.05) is 32.9 Å². The Hall–Kier alpha value is -2.15. The number of likely N-dealkylation sites (tertiary alicyclic amines) is 1. The molecule has 0 aliphatic carbocycles. The van der Waals surface area contributed by atoms with E-state index in [9.17, 15) is 13.2 Å². The van der Waals surface area contributed by atoms with Crippen molar-refractivity contribution < 1.29 is 17.9 Å². The van der Waals surface area contributed by atoms with Crippen molar-refractivity contribution >= 4 is 35.4 Å². The molecule has 1 N–H and O–H groups in total. The maximum atomic E-state index is 12.6. The summed E-state index contributed by atoms with van der Waals surface area (Å²) in [5.74, 6) is 0.559. The van der Waals surface area contributed by atoms with Crippen LogP contribution in [-0.4, -0.2) is 71.0 Å². The van der Waals surface area contributed by atoms with Gasteiger partial charge in [-0.15, -0.1) is 4.09 Å². The predicted molar refractivity (Wildman–Crippen MR) is 128 cm³/mol. The van der Waals surface area contributed by atoms with Gasteiger partial charge in [0.2, 0.25) is 5.91 Å². The van der Waals surface area contributed by atoms with Gasteiger partial charge in [0.15, 0.2) is 0 Å². The van der Waals surface area contributed by atoms with E-state index in [1.165, 1.54) is 21.0 Å². The van der Waals surface area contributed by atoms with Gasteiger partial charge >= 0.3 is 10.2 Å². The Morgan fingerprint density at radius 2 is 1.88 bits per heavy atom. The number of amides is 1. The summed E-state index contributed by atoms with van der Waals surface area (Å²) >= 11 is 0. The van der Waals surface area contributed by atoms with E-state index in [0.717, 1.165) is 38.5 Å². The second-order valence-corrected chi connectivity index (χ2v) is 10.0. The van der Waals surface area contributed by atoms with Crippen LogP contribution < -0.4 is 10.1 Å². The van der Waals surface area contributed by atoms with E-state index in [4.69, 9.17) is 4.74 Å². The lowest BCUT2D eigenvalue weighted by Crippen LogP contribution is -2.31. The monoisotopic (exact) mass is 484 g/mol. The molecular formula is C20H32N6O4S2. The standard InChI is InChI=1S/C20H30N6O4S.H2S/c1-13-9-18(10-14(2)21-13)30-17-7-8-25(12-17)15(3)19-11-20(22-16(4)27)26(23-19)31(28,29)24(5)6;/h9-11,15,17H,7-8,12H2,1-6H3,(H,22,27);1H2/t15?,17-;/m0./s1. The summed E-state index contributed by atoms with van der Waals surface area (Å²) in [6.45, 7) is 8.65. The topological polar surface area (TPSA) is 110 Å². The number of hydrogen-bond acceptors (Lipinski definition) is 7. The fraction of sp³-hybridized carbons (Fsp3) is 0.550. The molecule has 3 rings (SSSR count). The van der Waals surface area contributed by atoms with Crippen LogP contribution >= 0.6 is 13.5 Å². The van der Waals surface area contributed by atoms with Crippen molar-refractivity contribution in [2.45, 2.75) is 46.3 Å². The summed E-state index contributed by atoms with van der Waals surface area (Å²) < 4.78 is 33.4. The number of rotatable bonds is 7. The van der Waals surface area contributed by atoms with E-state index in [1.54, 1.807) is 6.07 Å². The Balaban J connectivity index is 0.00000363. The van der Waals surface area contributed by atoms with E-state index in [0.29, 0.717) is 12.2 Å². The molecule has 178 valence electrons. The van der Waals surface area contributed by atoms with Gasteiger partial charge in [-0.2, -0.15) is 31.3 Å². The first-order valence-electron chi connectivity index (χ1n) is 10.1. The molecule has 0 bridgehead atoms. The largest absolute Gasteiger partial charge is 0.489 e. The zero-order valence-corrected chi connectivity index (χ0v) is 21.1. The smallest absolute Gasteiger partial charge is 0.324 e. The highest BCUT2D eigenvalue weighted by Crippen LogP contribution is 2.29. The van der Waals surface area contributed by atoms with Gasteiger partial charge in [0.25, 0.3) is 0 Å². The molecule has 2 aromatic heterocycles. The summed E-state index contributed by atoms with van der Waals surface area (Å²) in [6.07, 6.45) is 0.867. The van der Waals surface area contributed by atoms with Crippen molar-refractivity contribution in [3.63, 3.8) is 0 Å². The van der Waals surface area contributed by atoms with Crippen LogP contribution in [0.2, 0.25) is 0 Å². The normalized spacial score (nSPS) is 17.8. The highest BCUT2D eigenvalue weighted by molar-refractivity contribution is 7.87. The summed E-state index contributed by atoms with van der Waals surface area (Å²) in [5, 5.41) is 6.87. The third-order valence-electron chi connectivity index (χ3n) is 5.19. The third-order valence-corrected chi connectivity index (χ3v) is 6.83. The average Bonchev–Trinajstić information content (AvgIpc) is 3.27. The number of aromatic nitrogens is 3. The van der Waals surface area contributed by atoms with Crippen LogP contribution in [0.4, 0.5) is 5.82 Å². The maximum absolute atomic E-state index is 12.6. The summed E-state index contributed by atoms with van der Waals surface area (Å²) in [6, 6.07) is 5.30. The van der Waals surface area contributed by atoms with Gasteiger partial charge in [-0.25, -0.2) is 0 Å². The van der Waals surface area contributed by atoms with Crippen LogP contribution in [0.3, 0.4) is 0 Å². The van der Waals surface area contributed by atoms with Gasteiger partial charge in [-0.05, 0) is 27.2 Å². The Morgan fingerprint density at radius 3 is 2.44 bits per heavy atom. The lowest BCUT2D eigenvalue weighted by Gasteiger charge is -2.22. The van der Waals surface area contributed by atoms with Crippen LogP contribution in [0, 0.1) is 13.8 Å². The summed E-state index contributed by atoms with van der Waals surface area (Å²) in [5.41, 5.74) is 2.39. The Bertz CT molecular complexity index is 1050. The average molecular weight is 485 g/mol. The van der Waals surface area contributed by atoms with E-state index in [2.05, 4.69) is 20.3 Å². The molecule has 0 saturated carbocycles. The molecule has 0 radical (unpaired) electrons. The molecule has 1 aliphatic heterocycles. The van der Waals surface area contributed by atoms with Crippen LogP contribution in [-0.2, 0) is 15.0 Å². The number of aryl methyl sites for hydroxylation is 2. The molecule has 1 unspecified atom stereocenters. The molecule has 3 heterocycles. The lowest BCUT2D eigenvalue weighted by atomic mass is 10.2. The van der Waals surface area contributed by atoms with E-state index in [-0.39, 0.29) is 37.4 Å². The minimum atomic E-state index is -3.87. The number of carbonyl (C=O) groups excluding carboxylic acids is 1. The number of pyridine rings is 1. The van der Waals surface area contributed by atoms with Gasteiger partial charge in [0.1, 0.15) is 17.7 Å². The lowest BCUT2D eigenvalue weighted by molar-refractivity contribution is -0.114. The van der Waals surface area contributed by atoms with Crippen molar-refractivity contribution in [3.8, 4) is 5.75 Å². The Kier molecular flexibility index (Phi) is 8.32. The molecular weight excluding hydrogens is 452 g/mol. The summed E-state index contributed by atoms with van der Waals surface area (Å²) in [4.78, 5) is 18.1. The molecule has 0 aromatic carbocycles. The highest BCUT2D eigenvalue weighted by atomic mass is 32.2. The molecule has 10 nitrogen and oxygen atoms in total. The van der Waals surface area contributed by atoms with Gasteiger partial charge in [0, 0.05) is 63.7 Å². The maximum Gasteiger partial charge on any atom is 0.324 e. The van der Waals surface area contributed by atoms with Gasteiger partial charge in [-0.3, -0.25) is 14.7 Å². The first-order valence-corrected chi connectivity index (χ1v) is 11.5. The fourth-order valence-electron chi connectivity index (χ4n) is 3.63. The Labute approximate surface area is 196 Å². The van der Waals surface area contributed by atoms with E-state index < -0.39 is 10.2 Å². The number of anilines is 1. The molecule has 2 aromatic rings. The Morgan fingerprint density at radius 1 is 1.25 bits per heavy atom. The number of hydrogen-bond donors (Lipinski definition) is 1. The van der Waals surface area contributed by atoms with Crippen molar-refractivity contribution in [2.75, 3.05) is 32.5 Å². The zero-order chi connectivity index (χ0) is 22.9. The molecule has 2 atom stereocenters. The first kappa shape index (κ1) is 26.1. The summed E-state index contributed by atoms with van der Waals surface area (Å²) in [7, 11) is -1.04. The van der Waals surface area contributed by atoms with Crippen molar-refractivity contribution in [2.24, 2.45) is 0 Å². The van der Waals surface area contributed by atoms with E-state index >= 15 is 0 Å². The number of nitrogens with one attached hydrogen (secondary N) is 1. The first-order chi connectivity index (χ1) is 14.5. The van der Waals surface area contributed by atoms with Gasteiger partial charge in [0.05, 0.1) is 11.7 Å². The molecule has 0 spiro atoms. The van der Waals surface area contributed by atoms with Crippen LogP contribution in [0.1, 0.15) is 43.4 Å². The van der Waals surface area contributed by atoms with Crippen molar-refractivity contribution in [1.29, 1.82) is 0 Å². The second kappa shape index (κ2) is 10.2. The quantitative estimate of drug-likeness (QED) is 0.638. The fourth-order valence-corrected chi connectivity index (χ4v) is 4.48. The second-order valence-electron chi connectivity index (χ2n) is 8.05. The number of ether oxygens (including phenoxy) is 1. The van der Waals surface area contributed by atoms with Crippen molar-refractivity contribution in [1.82, 2.24) is 23.4 Å². The van der Waals surface area contributed by atoms with Crippen LogP contribution in [0.5, 0.6) is 5.75 Å².